The highest BCUT2D eigenvalue weighted by Gasteiger charge is 2.41. The smallest absolute Gasteiger partial charge is 0.321 e. The first-order valence-corrected chi connectivity index (χ1v) is 25.2. The molecule has 0 N–H and O–H groups in total. The van der Waals surface area contributed by atoms with Gasteiger partial charge in [0.1, 0.15) is 5.75 Å². The predicted molar refractivity (Wildman–Crippen MR) is 187 cm³/mol. The Kier molecular flexibility index (Phi) is 16.3. The summed E-state index contributed by atoms with van der Waals surface area (Å²) in [5, 5.41) is 0. The fourth-order valence-corrected chi connectivity index (χ4v) is 24.1. The van der Waals surface area contributed by atoms with Gasteiger partial charge >= 0.3 is 8.56 Å². The highest BCUT2D eigenvalue weighted by molar-refractivity contribution is 6.95. The van der Waals surface area contributed by atoms with Crippen molar-refractivity contribution >= 4 is 30.7 Å². The highest BCUT2D eigenvalue weighted by Crippen LogP contribution is 2.33. The molecule has 0 saturated heterocycles. The summed E-state index contributed by atoms with van der Waals surface area (Å²) in [4.78, 5) is 12.6. The normalized spacial score (nSPS) is 13.5. The minimum absolute atomic E-state index is 0.0449. The maximum absolute atomic E-state index is 12.6. The van der Waals surface area contributed by atoms with Gasteiger partial charge in [0.05, 0.1) is 6.61 Å². The van der Waals surface area contributed by atoms with Crippen molar-refractivity contribution in [3.05, 3.63) is 78.4 Å². The lowest BCUT2D eigenvalue weighted by Gasteiger charge is -2.39. The van der Waals surface area contributed by atoms with Crippen LogP contribution in [-0.4, -0.2) is 44.5 Å². The monoisotopic (exact) mass is 626 g/mol. The molecule has 1 atom stereocenters. The first-order valence-electron chi connectivity index (χ1n) is 16.2. The number of carbonyl (C=O) groups excluding carboxylic acids is 1. The van der Waals surface area contributed by atoms with Gasteiger partial charge in [-0.15, -0.1) is 6.58 Å². The summed E-state index contributed by atoms with van der Waals surface area (Å²) in [6.45, 7) is 16.7. The molecule has 0 aliphatic heterocycles. The molecule has 0 spiro atoms. The van der Waals surface area contributed by atoms with Gasteiger partial charge in [-0.05, 0) is 74.9 Å². The molecule has 0 amide bonds. The van der Waals surface area contributed by atoms with Gasteiger partial charge in [0.25, 0.3) is 0 Å². The van der Waals surface area contributed by atoms with Crippen molar-refractivity contribution in [1.82, 2.24) is 0 Å². The van der Waals surface area contributed by atoms with E-state index in [2.05, 4.69) is 39.3 Å². The van der Waals surface area contributed by atoms with Crippen LogP contribution in [0.3, 0.4) is 0 Å². The molecule has 2 aromatic rings. The van der Waals surface area contributed by atoms with E-state index in [1.54, 1.807) is 0 Å². The second-order valence-electron chi connectivity index (χ2n) is 13.3. The van der Waals surface area contributed by atoms with Crippen LogP contribution >= 0.6 is 0 Å². The average molecular weight is 627 g/mol. The molecule has 2 rings (SSSR count). The molecule has 0 heterocycles. The third-order valence-electron chi connectivity index (χ3n) is 8.12. The Morgan fingerprint density at radius 3 is 1.95 bits per heavy atom. The molecule has 0 aliphatic rings. The maximum Gasteiger partial charge on any atom is 0.321 e. The van der Waals surface area contributed by atoms with Gasteiger partial charge in [-0.2, -0.15) is 0 Å². The van der Waals surface area contributed by atoms with Gasteiger partial charge < -0.3 is 13.3 Å². The molecule has 0 bridgehead atoms. The Morgan fingerprint density at radius 1 is 0.738 bits per heavy atom. The van der Waals surface area contributed by atoms with Gasteiger partial charge in [0.15, 0.2) is 14.1 Å². The van der Waals surface area contributed by atoms with Gasteiger partial charge in [0, 0.05) is 26.3 Å². The molecule has 0 saturated carbocycles. The lowest BCUT2D eigenvalue weighted by molar-refractivity contribution is 0.103. The predicted octanol–water partition coefficient (Wildman–Crippen LogP) is 10.6. The van der Waals surface area contributed by atoms with Crippen molar-refractivity contribution in [2.75, 3.05) is 13.7 Å². The Hall–Kier alpha value is -1.78. The summed E-state index contributed by atoms with van der Waals surface area (Å²) in [7, 11) is -3.38. The van der Waals surface area contributed by atoms with Crippen molar-refractivity contribution in [2.45, 2.75) is 115 Å². The first-order chi connectivity index (χ1) is 20.0. The maximum atomic E-state index is 12.6. The number of unbranched alkanes of at least 4 members (excludes halogenated alkanes) is 8. The van der Waals surface area contributed by atoms with E-state index in [0.717, 1.165) is 25.2 Å². The van der Waals surface area contributed by atoms with E-state index in [-0.39, 0.29) is 5.78 Å². The van der Waals surface area contributed by atoms with Crippen LogP contribution < -0.4 is 4.74 Å². The van der Waals surface area contributed by atoms with E-state index >= 15 is 0 Å². The van der Waals surface area contributed by atoms with Crippen molar-refractivity contribution in [3.8, 4) is 5.75 Å². The molecule has 0 aromatic heterocycles. The molecule has 4 nitrogen and oxygen atoms in total. The highest BCUT2D eigenvalue weighted by atomic mass is 28.5. The van der Waals surface area contributed by atoms with Crippen molar-refractivity contribution < 1.29 is 18.1 Å². The number of carbonyl (C=O) groups is 1. The van der Waals surface area contributed by atoms with Gasteiger partial charge in [-0.3, -0.25) is 4.79 Å². The van der Waals surface area contributed by atoms with Crippen LogP contribution in [0.15, 0.2) is 67.3 Å². The van der Waals surface area contributed by atoms with E-state index in [4.69, 9.17) is 13.3 Å². The minimum atomic E-state index is -2.05. The van der Waals surface area contributed by atoms with E-state index in [1.807, 2.05) is 67.8 Å². The van der Waals surface area contributed by atoms with E-state index in [0.29, 0.717) is 11.1 Å². The zero-order valence-corrected chi connectivity index (χ0v) is 30.5. The molecule has 42 heavy (non-hydrogen) atoms. The third kappa shape index (κ3) is 14.6. The van der Waals surface area contributed by atoms with E-state index in [1.165, 1.54) is 69.1 Å². The fraction of sp³-hybridized carbons (Fsp3) is 0.571. The summed E-state index contributed by atoms with van der Waals surface area (Å²) in [6.07, 6.45) is 14.5. The quantitative estimate of drug-likeness (QED) is 0.0533. The van der Waals surface area contributed by atoms with Gasteiger partial charge in [-0.25, -0.2) is 0 Å². The van der Waals surface area contributed by atoms with Gasteiger partial charge in [-0.1, -0.05) is 100 Å². The lowest BCUT2D eigenvalue weighted by Crippen LogP contribution is -2.52. The molecule has 7 heteroatoms. The average Bonchev–Trinajstić information content (AvgIpc) is 2.96. The second-order valence-corrected chi connectivity index (χ2v) is 27.0. The Bertz CT molecular complexity index is 1040. The third-order valence-corrected chi connectivity index (χ3v) is 23.0. The molecule has 0 radical (unpaired) electrons. The molecule has 0 aliphatic carbocycles. The summed E-state index contributed by atoms with van der Waals surface area (Å²) in [5.41, 5.74) is 2.75. The summed E-state index contributed by atoms with van der Waals surface area (Å²) in [5.74, 6) is 0.877. The number of ether oxygens (including phenoxy) is 1. The largest absolute Gasteiger partial charge is 0.494 e. The van der Waals surface area contributed by atoms with Crippen molar-refractivity contribution in [2.24, 2.45) is 0 Å². The van der Waals surface area contributed by atoms with Crippen LogP contribution in [0, 0.1) is 0 Å². The number of allylic oxidation sites excluding steroid dienone is 1. The van der Waals surface area contributed by atoms with Gasteiger partial charge in [0.2, 0.25) is 0 Å². The standard InChI is InChI=1S/C35H58O4Si3/c1-8-9-10-11-15-21-30-42(7,39-41(5,6)37-2)31-40(3,4)29-20-14-12-13-19-28-38-34-26-24-33(25-27-34)35(36)32-22-17-16-18-23-32/h8,16-18,22-27H,1,9-15,19-21,28-31H2,2-7H3. The summed E-state index contributed by atoms with van der Waals surface area (Å²) >= 11 is 0. The van der Waals surface area contributed by atoms with E-state index < -0.39 is 25.0 Å². The SMILES string of the molecule is C=CCCCCCC[Si](C)(C[Si](C)(C)CCCCCCCOc1ccc(C(=O)c2ccccc2)cc1)O[Si](C)(C)OC. The van der Waals surface area contributed by atoms with Crippen LogP contribution in [0.4, 0.5) is 0 Å². The molecule has 1 unspecified atom stereocenters. The number of ketones is 1. The van der Waals surface area contributed by atoms with E-state index in [9.17, 15) is 4.79 Å². The Labute approximate surface area is 260 Å². The molecule has 2 aromatic carbocycles. The van der Waals surface area contributed by atoms with Crippen molar-refractivity contribution in [1.29, 1.82) is 0 Å². The molecule has 234 valence electrons. The number of hydrogen-bond acceptors (Lipinski definition) is 4. The zero-order valence-electron chi connectivity index (χ0n) is 27.5. The number of benzene rings is 2. The molecular formula is C35H58O4Si3. The zero-order chi connectivity index (χ0) is 30.9. The lowest BCUT2D eigenvalue weighted by atomic mass is 10.0. The topological polar surface area (TPSA) is 44.8 Å². The fourth-order valence-electron chi connectivity index (χ4n) is 5.94. The van der Waals surface area contributed by atoms with Crippen LogP contribution in [0.5, 0.6) is 5.75 Å². The Balaban J connectivity index is 1.68. The van der Waals surface area contributed by atoms with Crippen LogP contribution in [-0.2, 0) is 8.54 Å². The van der Waals surface area contributed by atoms with Crippen LogP contribution in [0.1, 0.15) is 80.1 Å². The first kappa shape index (κ1) is 36.4. The summed E-state index contributed by atoms with van der Waals surface area (Å²) < 4.78 is 18.7. The molecular weight excluding hydrogens is 569 g/mol. The molecule has 0 fully saturated rings. The van der Waals surface area contributed by atoms with Crippen LogP contribution in [0.2, 0.25) is 50.5 Å². The van der Waals surface area contributed by atoms with Crippen LogP contribution in [0.25, 0.3) is 0 Å². The Morgan fingerprint density at radius 2 is 1.31 bits per heavy atom. The number of rotatable bonds is 23. The number of hydrogen-bond donors (Lipinski definition) is 0. The minimum Gasteiger partial charge on any atom is -0.494 e. The second kappa shape index (κ2) is 18.8. The van der Waals surface area contributed by atoms with Crippen molar-refractivity contribution in [3.63, 3.8) is 0 Å². The summed E-state index contributed by atoms with van der Waals surface area (Å²) in [6, 6.07) is 19.6.